The normalized spacial score (nSPS) is 22.4. The molecule has 1 N–H and O–H groups in total. The average Bonchev–Trinajstić information content (AvgIpc) is 2.41. The van der Waals surface area contributed by atoms with E-state index in [0.29, 0.717) is 6.04 Å². The minimum absolute atomic E-state index is 0.453. The molecule has 2 rings (SSSR count). The Hall–Kier alpha value is -0.860. The van der Waals surface area contributed by atoms with Crippen molar-refractivity contribution in [1.82, 2.24) is 10.2 Å². The Morgan fingerprint density at radius 1 is 1.26 bits per heavy atom. The molecule has 0 aliphatic carbocycles. The molecule has 0 bridgehead atoms. The summed E-state index contributed by atoms with van der Waals surface area (Å²) >= 11 is 0. The number of nitrogens with one attached hydrogen (secondary N) is 1. The summed E-state index contributed by atoms with van der Waals surface area (Å²) in [4.78, 5) is 2.53. The van der Waals surface area contributed by atoms with E-state index in [9.17, 15) is 0 Å². The van der Waals surface area contributed by atoms with Crippen molar-refractivity contribution in [2.24, 2.45) is 0 Å². The Bertz CT molecular complexity index is 371. The third-order valence-corrected chi connectivity index (χ3v) is 4.43. The predicted octanol–water partition coefficient (Wildman–Crippen LogP) is 3.52. The summed E-state index contributed by atoms with van der Waals surface area (Å²) in [6.07, 6.45) is 5.42. The van der Waals surface area contributed by atoms with Gasteiger partial charge in [0.25, 0.3) is 0 Å². The standard InChI is InChI=1S/C17H28N2/c1-14-7-9-16(10-8-14)15(2)18-12-11-17-6-4-5-13-19(17)3/h7-10,15,17-18H,4-6,11-13H2,1-3H3/t15-,17?/m1/s1. The number of hydrogen-bond donors (Lipinski definition) is 1. The van der Waals surface area contributed by atoms with Crippen LogP contribution in [0.25, 0.3) is 0 Å². The maximum atomic E-state index is 3.66. The van der Waals surface area contributed by atoms with Crippen LogP contribution in [-0.2, 0) is 0 Å². The highest BCUT2D eigenvalue weighted by molar-refractivity contribution is 5.23. The van der Waals surface area contributed by atoms with Crippen LogP contribution in [0, 0.1) is 6.92 Å². The largest absolute Gasteiger partial charge is 0.310 e. The summed E-state index contributed by atoms with van der Waals surface area (Å²) in [5, 5.41) is 3.66. The molecule has 1 aromatic carbocycles. The lowest BCUT2D eigenvalue weighted by Gasteiger charge is -2.32. The molecular formula is C17H28N2. The third-order valence-electron chi connectivity index (χ3n) is 4.43. The first-order valence-electron chi connectivity index (χ1n) is 7.67. The van der Waals surface area contributed by atoms with Gasteiger partial charge in [0, 0.05) is 12.1 Å². The van der Waals surface area contributed by atoms with Crippen molar-refractivity contribution in [3.8, 4) is 0 Å². The summed E-state index contributed by atoms with van der Waals surface area (Å²) in [5.41, 5.74) is 2.72. The van der Waals surface area contributed by atoms with E-state index in [0.717, 1.165) is 12.6 Å². The van der Waals surface area contributed by atoms with Crippen molar-refractivity contribution in [3.63, 3.8) is 0 Å². The molecule has 1 aliphatic heterocycles. The van der Waals surface area contributed by atoms with Crippen LogP contribution in [0.5, 0.6) is 0 Å². The second kappa shape index (κ2) is 7.06. The lowest BCUT2D eigenvalue weighted by molar-refractivity contribution is 0.174. The quantitative estimate of drug-likeness (QED) is 0.871. The maximum absolute atomic E-state index is 3.66. The van der Waals surface area contributed by atoms with Crippen LogP contribution in [-0.4, -0.2) is 31.1 Å². The van der Waals surface area contributed by atoms with Gasteiger partial charge in [0.05, 0.1) is 0 Å². The van der Waals surface area contributed by atoms with E-state index < -0.39 is 0 Å². The van der Waals surface area contributed by atoms with E-state index in [-0.39, 0.29) is 0 Å². The van der Waals surface area contributed by atoms with E-state index in [2.05, 4.69) is 55.4 Å². The van der Waals surface area contributed by atoms with Gasteiger partial charge in [0.15, 0.2) is 0 Å². The molecule has 106 valence electrons. The van der Waals surface area contributed by atoms with Gasteiger partial charge >= 0.3 is 0 Å². The minimum atomic E-state index is 0.453. The highest BCUT2D eigenvalue weighted by Crippen LogP contribution is 2.18. The van der Waals surface area contributed by atoms with Crippen molar-refractivity contribution in [3.05, 3.63) is 35.4 Å². The van der Waals surface area contributed by atoms with Gasteiger partial charge in [-0.2, -0.15) is 0 Å². The van der Waals surface area contributed by atoms with E-state index in [1.165, 1.54) is 43.4 Å². The fourth-order valence-corrected chi connectivity index (χ4v) is 2.95. The van der Waals surface area contributed by atoms with Crippen molar-refractivity contribution in [1.29, 1.82) is 0 Å². The molecule has 1 heterocycles. The molecule has 0 radical (unpaired) electrons. The molecule has 0 amide bonds. The molecule has 1 aromatic rings. The minimum Gasteiger partial charge on any atom is -0.310 e. The number of aryl methyl sites for hydroxylation is 1. The Balaban J connectivity index is 1.74. The maximum Gasteiger partial charge on any atom is 0.0291 e. The predicted molar refractivity (Wildman–Crippen MR) is 82.5 cm³/mol. The van der Waals surface area contributed by atoms with Crippen LogP contribution in [0.15, 0.2) is 24.3 Å². The number of likely N-dealkylation sites (tertiary alicyclic amines) is 1. The Morgan fingerprint density at radius 3 is 2.68 bits per heavy atom. The number of nitrogens with zero attached hydrogens (tertiary/aromatic N) is 1. The fourth-order valence-electron chi connectivity index (χ4n) is 2.95. The van der Waals surface area contributed by atoms with Crippen LogP contribution >= 0.6 is 0 Å². The molecule has 0 aromatic heterocycles. The van der Waals surface area contributed by atoms with Crippen LogP contribution in [0.4, 0.5) is 0 Å². The van der Waals surface area contributed by atoms with Crippen LogP contribution < -0.4 is 5.32 Å². The van der Waals surface area contributed by atoms with E-state index in [4.69, 9.17) is 0 Å². The first-order valence-corrected chi connectivity index (χ1v) is 7.67. The smallest absolute Gasteiger partial charge is 0.0291 e. The first kappa shape index (κ1) is 14.5. The molecule has 1 aliphatic rings. The molecule has 2 heteroatoms. The van der Waals surface area contributed by atoms with Crippen molar-refractivity contribution in [2.75, 3.05) is 20.1 Å². The topological polar surface area (TPSA) is 15.3 Å². The Morgan fingerprint density at radius 2 is 2.00 bits per heavy atom. The van der Waals surface area contributed by atoms with Gasteiger partial charge in [-0.25, -0.2) is 0 Å². The monoisotopic (exact) mass is 260 g/mol. The molecule has 1 saturated heterocycles. The second-order valence-corrected chi connectivity index (χ2v) is 6.01. The number of piperidine rings is 1. The van der Waals surface area contributed by atoms with E-state index in [1.54, 1.807) is 0 Å². The zero-order chi connectivity index (χ0) is 13.7. The molecule has 2 atom stereocenters. The Labute approximate surface area is 118 Å². The highest BCUT2D eigenvalue weighted by Gasteiger charge is 2.18. The molecule has 1 unspecified atom stereocenters. The molecular weight excluding hydrogens is 232 g/mol. The molecule has 0 spiro atoms. The fraction of sp³-hybridized carbons (Fsp3) is 0.647. The summed E-state index contributed by atoms with van der Waals surface area (Å²) in [6.45, 7) is 6.79. The molecule has 2 nitrogen and oxygen atoms in total. The summed E-state index contributed by atoms with van der Waals surface area (Å²) < 4.78 is 0. The first-order chi connectivity index (χ1) is 9.16. The number of benzene rings is 1. The third kappa shape index (κ3) is 4.32. The summed E-state index contributed by atoms with van der Waals surface area (Å²) in [6, 6.07) is 10.1. The number of hydrogen-bond acceptors (Lipinski definition) is 2. The zero-order valence-electron chi connectivity index (χ0n) is 12.7. The summed E-state index contributed by atoms with van der Waals surface area (Å²) in [5.74, 6) is 0. The average molecular weight is 260 g/mol. The lowest BCUT2D eigenvalue weighted by Crippen LogP contribution is -2.38. The Kier molecular flexibility index (Phi) is 5.41. The lowest BCUT2D eigenvalue weighted by atomic mass is 10.00. The van der Waals surface area contributed by atoms with E-state index in [1.807, 2.05) is 0 Å². The summed E-state index contributed by atoms with van der Waals surface area (Å²) in [7, 11) is 2.27. The van der Waals surface area contributed by atoms with Gasteiger partial charge in [0.1, 0.15) is 0 Å². The number of rotatable bonds is 5. The van der Waals surface area contributed by atoms with Gasteiger partial charge < -0.3 is 10.2 Å². The van der Waals surface area contributed by atoms with Gasteiger partial charge in [-0.1, -0.05) is 36.2 Å². The van der Waals surface area contributed by atoms with Gasteiger partial charge in [-0.05, 0) is 58.8 Å². The van der Waals surface area contributed by atoms with Crippen LogP contribution in [0.1, 0.15) is 49.8 Å². The molecule has 1 fully saturated rings. The van der Waals surface area contributed by atoms with Gasteiger partial charge in [-0.15, -0.1) is 0 Å². The molecule has 19 heavy (non-hydrogen) atoms. The highest BCUT2D eigenvalue weighted by atomic mass is 15.1. The van der Waals surface area contributed by atoms with Crippen LogP contribution in [0.3, 0.4) is 0 Å². The SMILES string of the molecule is Cc1ccc([C@@H](C)NCCC2CCCCN2C)cc1. The van der Waals surface area contributed by atoms with E-state index >= 15 is 0 Å². The second-order valence-electron chi connectivity index (χ2n) is 6.01. The van der Waals surface area contributed by atoms with Crippen LogP contribution in [0.2, 0.25) is 0 Å². The zero-order valence-corrected chi connectivity index (χ0v) is 12.7. The van der Waals surface area contributed by atoms with Gasteiger partial charge in [0.2, 0.25) is 0 Å². The van der Waals surface area contributed by atoms with Crippen molar-refractivity contribution < 1.29 is 0 Å². The molecule has 0 saturated carbocycles. The van der Waals surface area contributed by atoms with Crippen molar-refractivity contribution in [2.45, 2.75) is 51.6 Å². The van der Waals surface area contributed by atoms with Crippen molar-refractivity contribution >= 4 is 0 Å². The van der Waals surface area contributed by atoms with Gasteiger partial charge in [-0.3, -0.25) is 0 Å².